The molecular weight excluding hydrogens is 204 g/mol. The largest absolute Gasteiger partial charge is 0.497 e. The Morgan fingerprint density at radius 3 is 2.75 bits per heavy atom. The molecule has 2 rings (SSSR count). The zero-order chi connectivity index (χ0) is 11.4. The van der Waals surface area contributed by atoms with Gasteiger partial charge in [0.1, 0.15) is 5.75 Å². The first-order valence-electron chi connectivity index (χ1n) is 5.06. The van der Waals surface area contributed by atoms with E-state index in [1.54, 1.807) is 24.3 Å². The van der Waals surface area contributed by atoms with E-state index < -0.39 is 6.35 Å². The summed E-state index contributed by atoms with van der Waals surface area (Å²) in [5.74, 6) is 0.830. The minimum atomic E-state index is -0.785. The third kappa shape index (κ3) is 2.41. The molecule has 1 N–H and O–H groups in total. The fourth-order valence-electron chi connectivity index (χ4n) is 1.51. The lowest BCUT2D eigenvalue weighted by molar-refractivity contribution is 0.0395. The van der Waals surface area contributed by atoms with Gasteiger partial charge < -0.3 is 14.7 Å². The van der Waals surface area contributed by atoms with E-state index in [4.69, 9.17) is 4.74 Å². The molecule has 1 atom stereocenters. The summed E-state index contributed by atoms with van der Waals surface area (Å²) in [5, 5.41) is 9.58. The van der Waals surface area contributed by atoms with Gasteiger partial charge in [-0.25, -0.2) is 4.99 Å². The number of nitrogens with zero attached hydrogens (tertiary/aromatic N) is 2. The summed E-state index contributed by atoms with van der Waals surface area (Å²) in [4.78, 5) is 5.64. The zero-order valence-electron chi connectivity index (χ0n) is 9.08. The van der Waals surface area contributed by atoms with Gasteiger partial charge in [-0.1, -0.05) is 12.1 Å². The second-order valence-corrected chi connectivity index (χ2v) is 3.51. The van der Waals surface area contributed by atoms with Crippen LogP contribution in [0.25, 0.3) is 0 Å². The highest BCUT2D eigenvalue weighted by Gasteiger charge is 2.11. The molecule has 1 unspecified atom stereocenters. The molecule has 4 nitrogen and oxygen atoms in total. The molecule has 1 aromatic carbocycles. The monoisotopic (exact) mass is 218 g/mol. The van der Waals surface area contributed by atoms with Crippen molar-refractivity contribution in [2.75, 3.05) is 7.11 Å². The molecule has 0 saturated carbocycles. The minimum Gasteiger partial charge on any atom is -0.497 e. The van der Waals surface area contributed by atoms with Crippen molar-refractivity contribution in [3.63, 3.8) is 0 Å². The molecular formula is C12H14N2O2. The van der Waals surface area contributed by atoms with Gasteiger partial charge in [0.25, 0.3) is 0 Å². The Bertz CT molecular complexity index is 398. The van der Waals surface area contributed by atoms with E-state index in [-0.39, 0.29) is 0 Å². The lowest BCUT2D eigenvalue weighted by Gasteiger charge is -2.25. The molecule has 0 radical (unpaired) electrons. The van der Waals surface area contributed by atoms with E-state index in [1.807, 2.05) is 30.5 Å². The Morgan fingerprint density at radius 2 is 2.12 bits per heavy atom. The first-order valence-corrected chi connectivity index (χ1v) is 5.06. The Morgan fingerprint density at radius 1 is 1.38 bits per heavy atom. The van der Waals surface area contributed by atoms with Crippen molar-refractivity contribution in [2.45, 2.75) is 12.9 Å². The van der Waals surface area contributed by atoms with Gasteiger partial charge in [0.05, 0.1) is 7.11 Å². The maximum absolute atomic E-state index is 9.58. The summed E-state index contributed by atoms with van der Waals surface area (Å²) in [6.07, 6.45) is 4.43. The molecule has 0 bridgehead atoms. The predicted molar refractivity (Wildman–Crippen MR) is 62.2 cm³/mol. The molecule has 0 saturated heterocycles. The van der Waals surface area contributed by atoms with Crippen molar-refractivity contribution in [1.82, 2.24) is 4.90 Å². The number of methoxy groups -OCH3 is 1. The quantitative estimate of drug-likeness (QED) is 0.833. The maximum Gasteiger partial charge on any atom is 0.225 e. The van der Waals surface area contributed by atoms with Crippen molar-refractivity contribution < 1.29 is 9.84 Å². The van der Waals surface area contributed by atoms with Crippen molar-refractivity contribution in [3.05, 3.63) is 42.1 Å². The summed E-state index contributed by atoms with van der Waals surface area (Å²) >= 11 is 0. The van der Waals surface area contributed by atoms with Gasteiger partial charge in [-0.15, -0.1) is 0 Å². The Balaban J connectivity index is 2.03. The van der Waals surface area contributed by atoms with Crippen LogP contribution in [0.3, 0.4) is 0 Å². The summed E-state index contributed by atoms with van der Waals surface area (Å²) in [6.45, 7) is 0.624. The van der Waals surface area contributed by atoms with Crippen LogP contribution in [0.5, 0.6) is 5.75 Å². The predicted octanol–water partition coefficient (Wildman–Crippen LogP) is 1.37. The number of aliphatic imine (C=N–C) groups is 1. The molecule has 0 aliphatic carbocycles. The van der Waals surface area contributed by atoms with Gasteiger partial charge in [-0.2, -0.15) is 0 Å². The van der Waals surface area contributed by atoms with Gasteiger partial charge >= 0.3 is 0 Å². The number of hydrogen-bond donors (Lipinski definition) is 1. The van der Waals surface area contributed by atoms with E-state index in [0.717, 1.165) is 11.3 Å². The van der Waals surface area contributed by atoms with E-state index >= 15 is 0 Å². The van der Waals surface area contributed by atoms with E-state index in [2.05, 4.69) is 4.99 Å². The highest BCUT2D eigenvalue weighted by Crippen LogP contribution is 2.15. The summed E-state index contributed by atoms with van der Waals surface area (Å²) in [5.41, 5.74) is 1.10. The van der Waals surface area contributed by atoms with Crippen LogP contribution in [0.4, 0.5) is 0 Å². The molecule has 1 aliphatic rings. The molecule has 0 aromatic heterocycles. The van der Waals surface area contributed by atoms with E-state index in [1.165, 1.54) is 0 Å². The number of allylic oxidation sites excluding steroid dienone is 1. The van der Waals surface area contributed by atoms with Gasteiger partial charge in [-0.05, 0) is 23.8 Å². The fourth-order valence-corrected chi connectivity index (χ4v) is 1.51. The Hall–Kier alpha value is -1.81. The third-order valence-electron chi connectivity index (χ3n) is 2.40. The van der Waals surface area contributed by atoms with Gasteiger partial charge in [0, 0.05) is 19.0 Å². The molecule has 84 valence electrons. The first-order chi connectivity index (χ1) is 7.79. The lowest BCUT2D eigenvalue weighted by Crippen LogP contribution is -2.30. The van der Waals surface area contributed by atoms with Crippen LogP contribution in [0.2, 0.25) is 0 Å². The number of ether oxygens (including phenoxy) is 1. The molecule has 0 fully saturated rings. The maximum atomic E-state index is 9.58. The van der Waals surface area contributed by atoms with Crippen LogP contribution >= 0.6 is 0 Å². The summed E-state index contributed by atoms with van der Waals surface area (Å²) < 4.78 is 5.08. The van der Waals surface area contributed by atoms with Crippen LogP contribution < -0.4 is 4.74 Å². The summed E-state index contributed by atoms with van der Waals surface area (Å²) in [6, 6.07) is 7.74. The second kappa shape index (κ2) is 4.81. The van der Waals surface area contributed by atoms with E-state index in [0.29, 0.717) is 6.54 Å². The second-order valence-electron chi connectivity index (χ2n) is 3.51. The molecule has 1 heterocycles. The molecule has 16 heavy (non-hydrogen) atoms. The SMILES string of the molecule is COc1ccc(CN2C=CC=NC2O)cc1. The van der Waals surface area contributed by atoms with Gasteiger partial charge in [-0.3, -0.25) is 0 Å². The summed E-state index contributed by atoms with van der Waals surface area (Å²) in [7, 11) is 1.64. The third-order valence-corrected chi connectivity index (χ3v) is 2.40. The lowest BCUT2D eigenvalue weighted by atomic mass is 10.2. The van der Waals surface area contributed by atoms with Crippen LogP contribution in [-0.2, 0) is 6.54 Å². The minimum absolute atomic E-state index is 0.624. The van der Waals surface area contributed by atoms with Crippen molar-refractivity contribution in [3.8, 4) is 5.75 Å². The zero-order valence-corrected chi connectivity index (χ0v) is 9.08. The van der Waals surface area contributed by atoms with Gasteiger partial charge in [0.15, 0.2) is 0 Å². The Labute approximate surface area is 94.5 Å². The molecule has 1 aromatic rings. The van der Waals surface area contributed by atoms with Crippen LogP contribution in [0, 0.1) is 0 Å². The van der Waals surface area contributed by atoms with Crippen LogP contribution in [0.15, 0.2) is 41.5 Å². The number of hydrogen-bond acceptors (Lipinski definition) is 4. The van der Waals surface area contributed by atoms with Crippen molar-refractivity contribution in [1.29, 1.82) is 0 Å². The average molecular weight is 218 g/mol. The number of aliphatic hydroxyl groups is 1. The van der Waals surface area contributed by atoms with Crippen molar-refractivity contribution in [2.24, 2.45) is 4.99 Å². The fraction of sp³-hybridized carbons (Fsp3) is 0.250. The standard InChI is InChI=1S/C12H14N2O2/c1-16-11-5-3-10(4-6-11)9-14-8-2-7-13-12(14)15/h2-8,12,15H,9H2,1H3. The van der Waals surface area contributed by atoms with Crippen LogP contribution in [-0.4, -0.2) is 29.7 Å². The number of aliphatic hydroxyl groups excluding tert-OH is 1. The molecule has 4 heteroatoms. The highest BCUT2D eigenvalue weighted by atomic mass is 16.5. The number of rotatable bonds is 3. The number of benzene rings is 1. The molecule has 0 spiro atoms. The van der Waals surface area contributed by atoms with Crippen molar-refractivity contribution >= 4 is 6.21 Å². The van der Waals surface area contributed by atoms with E-state index in [9.17, 15) is 5.11 Å². The highest BCUT2D eigenvalue weighted by molar-refractivity contribution is 5.71. The first kappa shape index (κ1) is 10.7. The average Bonchev–Trinajstić information content (AvgIpc) is 2.33. The van der Waals surface area contributed by atoms with Gasteiger partial charge in [0.2, 0.25) is 6.35 Å². The smallest absolute Gasteiger partial charge is 0.225 e. The normalized spacial score (nSPS) is 18.9. The Kier molecular flexibility index (Phi) is 3.22. The van der Waals surface area contributed by atoms with Crippen LogP contribution in [0.1, 0.15) is 5.56 Å². The topological polar surface area (TPSA) is 45.1 Å². The molecule has 1 aliphatic heterocycles. The molecule has 0 amide bonds.